The molecule has 0 saturated carbocycles. The molecule has 0 spiro atoms. The number of carboxylic acid groups (broad SMARTS) is 1. The minimum Gasteiger partial charge on any atom is -0.508 e. The van der Waals surface area contributed by atoms with Crippen molar-refractivity contribution in [3.05, 3.63) is 29.8 Å². The van der Waals surface area contributed by atoms with Crippen molar-refractivity contribution >= 4 is 11.9 Å². The predicted molar refractivity (Wildman–Crippen MR) is 70.3 cm³/mol. The predicted octanol–water partition coefficient (Wildman–Crippen LogP) is 0.541. The zero-order valence-corrected chi connectivity index (χ0v) is 10.9. The highest BCUT2D eigenvalue weighted by molar-refractivity contribution is 5.85. The van der Waals surface area contributed by atoms with Crippen LogP contribution >= 0.6 is 0 Å². The molecular weight excluding hydrogens is 262 g/mol. The molecule has 20 heavy (non-hydrogen) atoms. The molecule has 6 heteroatoms. The zero-order valence-electron chi connectivity index (χ0n) is 10.9. The van der Waals surface area contributed by atoms with Crippen LogP contribution in [0.5, 0.6) is 5.75 Å². The van der Waals surface area contributed by atoms with E-state index in [-0.39, 0.29) is 24.0 Å². The third-order valence-corrected chi connectivity index (χ3v) is 3.29. The number of phenols is 1. The fourth-order valence-corrected chi connectivity index (χ4v) is 2.10. The number of amides is 1. The molecule has 0 radical (unpaired) electrons. The van der Waals surface area contributed by atoms with Crippen molar-refractivity contribution < 1.29 is 24.5 Å². The summed E-state index contributed by atoms with van der Waals surface area (Å²) in [7, 11) is 0. The van der Waals surface area contributed by atoms with E-state index in [1.807, 2.05) is 0 Å². The van der Waals surface area contributed by atoms with Crippen LogP contribution in [0.3, 0.4) is 0 Å². The maximum absolute atomic E-state index is 11.9. The molecule has 3 N–H and O–H groups in total. The van der Waals surface area contributed by atoms with Crippen LogP contribution < -0.4 is 5.32 Å². The standard InChI is InChI=1S/C14H17NO5/c16-11-3-1-9(2-4-11)7-12(14(18)19)15-13(17)10-5-6-20-8-10/h1-4,10,12,16H,5-8H2,(H,15,17)(H,18,19)/t10?,12-/m0/s1. The van der Waals surface area contributed by atoms with E-state index in [0.717, 1.165) is 5.56 Å². The summed E-state index contributed by atoms with van der Waals surface area (Å²) in [6, 6.07) is 5.26. The molecule has 0 aliphatic carbocycles. The highest BCUT2D eigenvalue weighted by Gasteiger charge is 2.28. The Kier molecular flexibility index (Phi) is 4.57. The maximum Gasteiger partial charge on any atom is 0.326 e. The lowest BCUT2D eigenvalue weighted by molar-refractivity contribution is -0.142. The van der Waals surface area contributed by atoms with Crippen LogP contribution in [0.15, 0.2) is 24.3 Å². The summed E-state index contributed by atoms with van der Waals surface area (Å²) in [6.45, 7) is 0.880. The number of carbonyl (C=O) groups is 2. The first-order valence-corrected chi connectivity index (χ1v) is 6.45. The molecule has 0 aromatic heterocycles. The Morgan fingerprint density at radius 2 is 2.05 bits per heavy atom. The summed E-state index contributed by atoms with van der Waals surface area (Å²) in [5.74, 6) is -1.51. The summed E-state index contributed by atoms with van der Waals surface area (Å²) >= 11 is 0. The van der Waals surface area contributed by atoms with Crippen molar-refractivity contribution in [3.8, 4) is 5.75 Å². The highest BCUT2D eigenvalue weighted by atomic mass is 16.5. The Labute approximate surface area is 116 Å². The molecule has 2 atom stereocenters. The minimum atomic E-state index is -1.08. The quantitative estimate of drug-likeness (QED) is 0.731. The van der Waals surface area contributed by atoms with Crippen LogP contribution in [0, 0.1) is 5.92 Å². The van der Waals surface area contributed by atoms with Gasteiger partial charge in [0, 0.05) is 13.0 Å². The lowest BCUT2D eigenvalue weighted by atomic mass is 10.0. The first kappa shape index (κ1) is 14.3. The number of benzene rings is 1. The average molecular weight is 279 g/mol. The molecule has 1 heterocycles. The van der Waals surface area contributed by atoms with Gasteiger partial charge in [0.15, 0.2) is 0 Å². The van der Waals surface area contributed by atoms with E-state index < -0.39 is 12.0 Å². The van der Waals surface area contributed by atoms with Gasteiger partial charge < -0.3 is 20.3 Å². The monoisotopic (exact) mass is 279 g/mol. The van der Waals surface area contributed by atoms with Gasteiger partial charge in [0.25, 0.3) is 0 Å². The molecule has 108 valence electrons. The van der Waals surface area contributed by atoms with Crippen molar-refractivity contribution in [3.63, 3.8) is 0 Å². The highest BCUT2D eigenvalue weighted by Crippen LogP contribution is 2.14. The second-order valence-electron chi connectivity index (χ2n) is 4.83. The SMILES string of the molecule is O=C(N[C@@H](Cc1ccc(O)cc1)C(=O)O)C1CCOC1. The number of hydrogen-bond donors (Lipinski definition) is 3. The van der Waals surface area contributed by atoms with Gasteiger partial charge in [-0.3, -0.25) is 4.79 Å². The van der Waals surface area contributed by atoms with E-state index in [1.54, 1.807) is 12.1 Å². The molecule has 1 unspecified atom stereocenters. The van der Waals surface area contributed by atoms with Crippen LogP contribution in [0.25, 0.3) is 0 Å². The summed E-state index contributed by atoms with van der Waals surface area (Å²) in [6.07, 6.45) is 0.798. The molecular formula is C14H17NO5. The van der Waals surface area contributed by atoms with Crippen LogP contribution in [0.1, 0.15) is 12.0 Å². The number of carbonyl (C=O) groups excluding carboxylic acids is 1. The van der Waals surface area contributed by atoms with Crippen molar-refractivity contribution in [1.82, 2.24) is 5.32 Å². The van der Waals surface area contributed by atoms with Crippen LogP contribution in [-0.2, 0) is 20.7 Å². The molecule has 1 amide bonds. The third-order valence-electron chi connectivity index (χ3n) is 3.29. The van der Waals surface area contributed by atoms with Gasteiger partial charge in [-0.2, -0.15) is 0 Å². The van der Waals surface area contributed by atoms with Gasteiger partial charge in [0.05, 0.1) is 12.5 Å². The minimum absolute atomic E-state index is 0.118. The first-order valence-electron chi connectivity index (χ1n) is 6.45. The van der Waals surface area contributed by atoms with E-state index >= 15 is 0 Å². The van der Waals surface area contributed by atoms with Crippen molar-refractivity contribution in [2.45, 2.75) is 18.9 Å². The number of aromatic hydroxyl groups is 1. The fraction of sp³-hybridized carbons (Fsp3) is 0.429. The molecule has 6 nitrogen and oxygen atoms in total. The van der Waals surface area contributed by atoms with E-state index in [2.05, 4.69) is 5.32 Å². The maximum atomic E-state index is 11.9. The summed E-state index contributed by atoms with van der Waals surface area (Å²) < 4.78 is 5.12. The summed E-state index contributed by atoms with van der Waals surface area (Å²) in [4.78, 5) is 23.1. The molecule has 1 aliphatic heterocycles. The fourth-order valence-electron chi connectivity index (χ4n) is 2.10. The second kappa shape index (κ2) is 6.38. The van der Waals surface area contributed by atoms with Gasteiger partial charge in [0.2, 0.25) is 5.91 Å². The topological polar surface area (TPSA) is 95.9 Å². The van der Waals surface area contributed by atoms with Crippen LogP contribution in [0.2, 0.25) is 0 Å². The molecule has 1 fully saturated rings. The number of rotatable bonds is 5. The van der Waals surface area contributed by atoms with E-state index in [1.165, 1.54) is 12.1 Å². The summed E-state index contributed by atoms with van der Waals surface area (Å²) in [5, 5.41) is 20.9. The van der Waals surface area contributed by atoms with E-state index in [9.17, 15) is 19.8 Å². The summed E-state index contributed by atoms with van der Waals surface area (Å²) in [5.41, 5.74) is 0.734. The normalized spacial score (nSPS) is 19.5. The van der Waals surface area contributed by atoms with Crippen LogP contribution in [0.4, 0.5) is 0 Å². The number of nitrogens with one attached hydrogen (secondary N) is 1. The zero-order chi connectivity index (χ0) is 14.5. The second-order valence-corrected chi connectivity index (χ2v) is 4.83. The van der Waals surface area contributed by atoms with Gasteiger partial charge >= 0.3 is 5.97 Å². The Balaban J connectivity index is 1.98. The number of hydrogen-bond acceptors (Lipinski definition) is 4. The number of phenolic OH excluding ortho intramolecular Hbond substituents is 1. The van der Waals surface area contributed by atoms with E-state index in [4.69, 9.17) is 4.74 Å². The van der Waals surface area contributed by atoms with Crippen molar-refractivity contribution in [2.24, 2.45) is 5.92 Å². The molecule has 1 aromatic carbocycles. The molecule has 0 bridgehead atoms. The van der Waals surface area contributed by atoms with Gasteiger partial charge in [-0.1, -0.05) is 12.1 Å². The third kappa shape index (κ3) is 3.71. The first-order chi connectivity index (χ1) is 9.56. The largest absolute Gasteiger partial charge is 0.508 e. The Hall–Kier alpha value is -2.08. The number of ether oxygens (including phenoxy) is 1. The van der Waals surface area contributed by atoms with Crippen molar-refractivity contribution in [1.29, 1.82) is 0 Å². The average Bonchev–Trinajstić information content (AvgIpc) is 2.94. The Morgan fingerprint density at radius 3 is 2.60 bits per heavy atom. The molecule has 1 aliphatic rings. The van der Waals surface area contributed by atoms with Crippen LogP contribution in [-0.4, -0.2) is 41.3 Å². The van der Waals surface area contributed by atoms with Gasteiger partial charge in [-0.15, -0.1) is 0 Å². The molecule has 1 saturated heterocycles. The molecule has 2 rings (SSSR count). The van der Waals surface area contributed by atoms with E-state index in [0.29, 0.717) is 19.6 Å². The van der Waals surface area contributed by atoms with Crippen molar-refractivity contribution in [2.75, 3.05) is 13.2 Å². The van der Waals surface area contributed by atoms with Gasteiger partial charge in [-0.25, -0.2) is 4.79 Å². The Bertz CT molecular complexity index is 479. The van der Waals surface area contributed by atoms with Gasteiger partial charge in [0.1, 0.15) is 11.8 Å². The lowest BCUT2D eigenvalue weighted by Gasteiger charge is -2.17. The number of carboxylic acids is 1. The molecule has 1 aromatic rings. The smallest absolute Gasteiger partial charge is 0.326 e. The Morgan fingerprint density at radius 1 is 1.35 bits per heavy atom. The van der Waals surface area contributed by atoms with Gasteiger partial charge in [-0.05, 0) is 24.1 Å². The number of aliphatic carboxylic acids is 1. The lowest BCUT2D eigenvalue weighted by Crippen LogP contribution is -2.45.